The van der Waals surface area contributed by atoms with E-state index < -0.39 is 0 Å². The third-order valence-electron chi connectivity index (χ3n) is 7.38. The first kappa shape index (κ1) is 29.9. The molecular weight excluding hydrogens is 392 g/mol. The summed E-state index contributed by atoms with van der Waals surface area (Å²) in [5, 5.41) is 0. The van der Waals surface area contributed by atoms with E-state index >= 15 is 0 Å². The maximum atomic E-state index is 2.72. The molecule has 192 valence electrons. The number of nitrogens with zero attached hydrogens (tertiary/aromatic N) is 4. The van der Waals surface area contributed by atoms with Crippen molar-refractivity contribution < 1.29 is 0 Å². The second-order valence-corrected chi connectivity index (χ2v) is 11.7. The minimum Gasteiger partial charge on any atom is -0.301 e. The highest BCUT2D eigenvalue weighted by Gasteiger charge is 2.33. The van der Waals surface area contributed by atoms with Gasteiger partial charge < -0.3 is 14.7 Å². The normalized spacial score (nSPS) is 22.7. The summed E-state index contributed by atoms with van der Waals surface area (Å²) < 4.78 is 0. The minimum absolute atomic E-state index is 0.723. The average molecular weight is 453 g/mol. The largest absolute Gasteiger partial charge is 0.301 e. The zero-order valence-corrected chi connectivity index (χ0v) is 23.7. The van der Waals surface area contributed by atoms with Crippen LogP contribution in [-0.4, -0.2) is 97.1 Å². The van der Waals surface area contributed by atoms with Crippen molar-refractivity contribution in [2.75, 3.05) is 59.4 Å². The van der Waals surface area contributed by atoms with Crippen LogP contribution in [0.3, 0.4) is 0 Å². The summed E-state index contributed by atoms with van der Waals surface area (Å²) >= 11 is 0. The molecular formula is C28H60N4. The molecule has 0 aromatic carbocycles. The molecule has 4 nitrogen and oxygen atoms in total. The number of likely N-dealkylation sites (N-methyl/N-ethyl adjacent to an activating group) is 1. The van der Waals surface area contributed by atoms with E-state index in [4.69, 9.17) is 0 Å². The first-order chi connectivity index (χ1) is 15.2. The molecule has 0 spiro atoms. The predicted molar refractivity (Wildman–Crippen MR) is 144 cm³/mol. The monoisotopic (exact) mass is 452 g/mol. The molecule has 0 N–H and O–H groups in total. The summed E-state index contributed by atoms with van der Waals surface area (Å²) in [6, 6.07) is 2.26. The zero-order chi connectivity index (χ0) is 24.3. The highest BCUT2D eigenvalue weighted by Crippen LogP contribution is 2.25. The Morgan fingerprint density at radius 2 is 1.06 bits per heavy atom. The van der Waals surface area contributed by atoms with Gasteiger partial charge in [-0.15, -0.1) is 0 Å². The lowest BCUT2D eigenvalue weighted by molar-refractivity contribution is 0.0139. The molecule has 4 heteroatoms. The van der Waals surface area contributed by atoms with Crippen molar-refractivity contribution >= 4 is 0 Å². The third-order valence-corrected chi connectivity index (χ3v) is 7.38. The SMILES string of the molecule is CC.CC(C)C.CC(C)N1CCC(CN2CC(N(C)CC3CCN(C(C)C)CC3)C2)CC1. The van der Waals surface area contributed by atoms with Crippen molar-refractivity contribution in [3.8, 4) is 0 Å². The van der Waals surface area contributed by atoms with Gasteiger partial charge in [0.15, 0.2) is 0 Å². The van der Waals surface area contributed by atoms with Gasteiger partial charge in [0.1, 0.15) is 0 Å². The van der Waals surface area contributed by atoms with Crippen LogP contribution < -0.4 is 0 Å². The van der Waals surface area contributed by atoms with E-state index in [9.17, 15) is 0 Å². The van der Waals surface area contributed by atoms with E-state index in [1.54, 1.807) is 0 Å². The summed E-state index contributed by atoms with van der Waals surface area (Å²) in [5.74, 6) is 2.70. The van der Waals surface area contributed by atoms with Gasteiger partial charge in [-0.3, -0.25) is 4.90 Å². The third kappa shape index (κ3) is 10.8. The molecule has 0 aromatic heterocycles. The molecule has 0 saturated carbocycles. The Morgan fingerprint density at radius 3 is 1.44 bits per heavy atom. The molecule has 3 fully saturated rings. The van der Waals surface area contributed by atoms with Gasteiger partial charge in [0.25, 0.3) is 0 Å². The van der Waals surface area contributed by atoms with Crippen molar-refractivity contribution in [2.24, 2.45) is 17.8 Å². The Morgan fingerprint density at radius 1 is 0.688 bits per heavy atom. The van der Waals surface area contributed by atoms with Gasteiger partial charge in [-0.25, -0.2) is 0 Å². The lowest BCUT2D eigenvalue weighted by atomic mass is 9.92. The summed E-state index contributed by atoms with van der Waals surface area (Å²) in [5.41, 5.74) is 0. The maximum absolute atomic E-state index is 2.72. The number of hydrogen-bond donors (Lipinski definition) is 0. The van der Waals surface area contributed by atoms with Gasteiger partial charge in [0, 0.05) is 44.3 Å². The van der Waals surface area contributed by atoms with Crippen molar-refractivity contribution in [2.45, 2.75) is 106 Å². The Bertz CT molecular complexity index is 440. The van der Waals surface area contributed by atoms with Gasteiger partial charge in [-0.1, -0.05) is 34.6 Å². The van der Waals surface area contributed by atoms with Gasteiger partial charge in [-0.2, -0.15) is 0 Å². The Kier molecular flexibility index (Phi) is 14.6. The van der Waals surface area contributed by atoms with Crippen LogP contribution >= 0.6 is 0 Å². The summed E-state index contributed by atoms with van der Waals surface area (Å²) in [6.45, 7) is 30.4. The molecule has 0 amide bonds. The molecule has 3 saturated heterocycles. The van der Waals surface area contributed by atoms with Gasteiger partial charge in [0.2, 0.25) is 0 Å². The van der Waals surface area contributed by atoms with Crippen LogP contribution in [0.5, 0.6) is 0 Å². The molecule has 3 heterocycles. The van der Waals surface area contributed by atoms with Crippen LogP contribution in [0, 0.1) is 17.8 Å². The van der Waals surface area contributed by atoms with Crippen molar-refractivity contribution in [3.63, 3.8) is 0 Å². The quantitative estimate of drug-likeness (QED) is 0.503. The van der Waals surface area contributed by atoms with Crippen molar-refractivity contribution in [1.82, 2.24) is 19.6 Å². The Labute approximate surface area is 203 Å². The molecule has 0 atom stereocenters. The van der Waals surface area contributed by atoms with Gasteiger partial charge in [-0.05, 0) is 104 Å². The predicted octanol–water partition coefficient (Wildman–Crippen LogP) is 5.53. The smallest absolute Gasteiger partial charge is 0.0347 e. The summed E-state index contributed by atoms with van der Waals surface area (Å²) in [7, 11) is 2.37. The molecule has 0 aliphatic carbocycles. The standard InChI is InChI=1S/C22H44N4.C4H10.C2H6/c1-18(2)25-10-6-20(7-11-25)14-23(5)22-16-24(17-22)15-21-8-12-26(13-9-21)19(3)4;1-4(2)3;1-2/h18-22H,6-17H2,1-5H3;4H,1-3H3;1-2H3. The molecule has 0 radical (unpaired) electrons. The number of likely N-dealkylation sites (tertiary alicyclic amines) is 3. The average Bonchev–Trinajstić information content (AvgIpc) is 2.72. The van der Waals surface area contributed by atoms with Crippen molar-refractivity contribution in [1.29, 1.82) is 0 Å². The number of piperidine rings is 2. The fourth-order valence-corrected chi connectivity index (χ4v) is 5.20. The summed E-state index contributed by atoms with van der Waals surface area (Å²) in [6.07, 6.45) is 5.61. The number of hydrogen-bond acceptors (Lipinski definition) is 4. The van der Waals surface area contributed by atoms with Crippen LogP contribution in [0.4, 0.5) is 0 Å². The summed E-state index contributed by atoms with van der Waals surface area (Å²) in [4.78, 5) is 10.7. The Balaban J connectivity index is 0.000000769. The van der Waals surface area contributed by atoms with E-state index in [-0.39, 0.29) is 0 Å². The molecule has 0 aromatic rings. The van der Waals surface area contributed by atoms with Gasteiger partial charge >= 0.3 is 0 Å². The van der Waals surface area contributed by atoms with Crippen LogP contribution in [-0.2, 0) is 0 Å². The lowest BCUT2D eigenvalue weighted by Crippen LogP contribution is -2.60. The fourth-order valence-electron chi connectivity index (χ4n) is 5.20. The zero-order valence-electron chi connectivity index (χ0n) is 23.7. The first-order valence-corrected chi connectivity index (χ1v) is 14.1. The molecule has 0 bridgehead atoms. The van der Waals surface area contributed by atoms with E-state index in [0.717, 1.165) is 35.9 Å². The van der Waals surface area contributed by atoms with Gasteiger partial charge in [0.05, 0.1) is 0 Å². The van der Waals surface area contributed by atoms with E-state index in [1.165, 1.54) is 78.0 Å². The molecule has 3 rings (SSSR count). The van der Waals surface area contributed by atoms with E-state index in [1.807, 2.05) is 13.8 Å². The second kappa shape index (κ2) is 15.7. The molecule has 32 heavy (non-hydrogen) atoms. The minimum atomic E-state index is 0.723. The topological polar surface area (TPSA) is 13.0 Å². The Hall–Kier alpha value is -0.160. The van der Waals surface area contributed by atoms with Crippen LogP contribution in [0.15, 0.2) is 0 Å². The molecule has 0 unspecified atom stereocenters. The molecule has 3 aliphatic rings. The van der Waals surface area contributed by atoms with Crippen LogP contribution in [0.2, 0.25) is 0 Å². The lowest BCUT2D eigenvalue weighted by Gasteiger charge is -2.47. The van der Waals surface area contributed by atoms with Crippen LogP contribution in [0.25, 0.3) is 0 Å². The fraction of sp³-hybridized carbons (Fsp3) is 1.00. The number of rotatable bonds is 7. The second-order valence-electron chi connectivity index (χ2n) is 11.7. The molecule has 3 aliphatic heterocycles. The first-order valence-electron chi connectivity index (χ1n) is 14.1. The van der Waals surface area contributed by atoms with E-state index in [0.29, 0.717) is 0 Å². The van der Waals surface area contributed by atoms with E-state index in [2.05, 4.69) is 75.1 Å². The maximum Gasteiger partial charge on any atom is 0.0347 e. The highest BCUT2D eigenvalue weighted by atomic mass is 15.3. The highest BCUT2D eigenvalue weighted by molar-refractivity contribution is 4.90. The van der Waals surface area contributed by atoms with Crippen molar-refractivity contribution in [3.05, 3.63) is 0 Å². The van der Waals surface area contributed by atoms with Crippen LogP contribution in [0.1, 0.15) is 88.0 Å².